The van der Waals surface area contributed by atoms with Crippen LogP contribution in [-0.4, -0.2) is 39.0 Å². The van der Waals surface area contributed by atoms with Crippen molar-refractivity contribution in [3.63, 3.8) is 0 Å². The normalized spacial score (nSPS) is 15.7. The molecule has 0 radical (unpaired) electrons. The number of hydrogen-bond acceptors (Lipinski definition) is 5. The molecular formula is C14H17BrN2O5S. The van der Waals surface area contributed by atoms with Crippen LogP contribution in [0, 0.1) is 0 Å². The predicted molar refractivity (Wildman–Crippen MR) is 86.0 cm³/mol. The molecule has 1 amide bonds. The largest absolute Gasteiger partial charge is 0.452 e. The van der Waals surface area contributed by atoms with Gasteiger partial charge < -0.3 is 10.1 Å². The Balaban J connectivity index is 1.84. The molecule has 23 heavy (non-hydrogen) atoms. The Morgan fingerprint density at radius 3 is 2.70 bits per heavy atom. The van der Waals surface area contributed by atoms with Crippen molar-refractivity contribution < 1.29 is 22.7 Å². The van der Waals surface area contributed by atoms with Crippen molar-refractivity contribution in [1.29, 1.82) is 0 Å². The number of halogens is 1. The van der Waals surface area contributed by atoms with Crippen LogP contribution >= 0.6 is 15.9 Å². The SMILES string of the molecule is C[C@@H](OC(=O)CNS(=O)(=O)c1cccc(Br)c1)C(=O)NC1CC1. The lowest BCUT2D eigenvalue weighted by molar-refractivity contribution is -0.153. The van der Waals surface area contributed by atoms with Gasteiger partial charge in [0.2, 0.25) is 10.0 Å². The van der Waals surface area contributed by atoms with Gasteiger partial charge in [0.25, 0.3) is 5.91 Å². The monoisotopic (exact) mass is 404 g/mol. The Bertz CT molecular complexity index is 703. The summed E-state index contributed by atoms with van der Waals surface area (Å²) in [6.45, 7) is 0.897. The van der Waals surface area contributed by atoms with Crippen LogP contribution < -0.4 is 10.0 Å². The minimum atomic E-state index is -3.82. The van der Waals surface area contributed by atoms with Crippen LogP contribution in [0.5, 0.6) is 0 Å². The lowest BCUT2D eigenvalue weighted by atomic mass is 10.3. The Labute approximate surface area is 143 Å². The van der Waals surface area contributed by atoms with E-state index in [1.54, 1.807) is 12.1 Å². The Morgan fingerprint density at radius 2 is 2.09 bits per heavy atom. The Kier molecular flexibility index (Phi) is 5.77. The smallest absolute Gasteiger partial charge is 0.321 e. The number of ether oxygens (including phenoxy) is 1. The van der Waals surface area contributed by atoms with E-state index in [1.807, 2.05) is 0 Å². The average Bonchev–Trinajstić information content (AvgIpc) is 3.29. The summed E-state index contributed by atoms with van der Waals surface area (Å²) < 4.78 is 31.7. The lowest BCUT2D eigenvalue weighted by Crippen LogP contribution is -2.39. The van der Waals surface area contributed by atoms with E-state index in [1.165, 1.54) is 19.1 Å². The van der Waals surface area contributed by atoms with Gasteiger partial charge in [-0.25, -0.2) is 8.42 Å². The molecule has 1 aliphatic carbocycles. The van der Waals surface area contributed by atoms with Gasteiger partial charge in [-0.3, -0.25) is 9.59 Å². The van der Waals surface area contributed by atoms with Crippen LogP contribution in [0.25, 0.3) is 0 Å². The molecule has 1 aliphatic rings. The van der Waals surface area contributed by atoms with Gasteiger partial charge in [0.1, 0.15) is 6.54 Å². The molecular weight excluding hydrogens is 388 g/mol. The van der Waals surface area contributed by atoms with Gasteiger partial charge >= 0.3 is 5.97 Å². The number of hydrogen-bond donors (Lipinski definition) is 2. The van der Waals surface area contributed by atoms with Crippen LogP contribution in [0.4, 0.5) is 0 Å². The first-order chi connectivity index (χ1) is 10.8. The molecule has 1 saturated carbocycles. The van der Waals surface area contributed by atoms with Crippen LogP contribution in [0.2, 0.25) is 0 Å². The van der Waals surface area contributed by atoms with Gasteiger partial charge in [-0.15, -0.1) is 0 Å². The summed E-state index contributed by atoms with van der Waals surface area (Å²) >= 11 is 3.18. The van der Waals surface area contributed by atoms with E-state index in [0.29, 0.717) is 4.47 Å². The molecule has 0 aromatic heterocycles. The van der Waals surface area contributed by atoms with E-state index in [9.17, 15) is 18.0 Å². The molecule has 2 N–H and O–H groups in total. The molecule has 0 saturated heterocycles. The number of sulfonamides is 1. The highest BCUT2D eigenvalue weighted by molar-refractivity contribution is 9.10. The van der Waals surface area contributed by atoms with Crippen LogP contribution in [0.3, 0.4) is 0 Å². The van der Waals surface area contributed by atoms with Crippen molar-refractivity contribution >= 4 is 37.8 Å². The fourth-order valence-electron chi connectivity index (χ4n) is 1.71. The molecule has 1 aromatic rings. The van der Waals surface area contributed by atoms with Crippen molar-refractivity contribution in [2.45, 2.75) is 36.8 Å². The van der Waals surface area contributed by atoms with Gasteiger partial charge in [0.15, 0.2) is 6.10 Å². The van der Waals surface area contributed by atoms with E-state index in [2.05, 4.69) is 26.0 Å². The summed E-state index contributed by atoms with van der Waals surface area (Å²) in [5.74, 6) is -1.20. The number of carbonyl (C=O) groups is 2. The van der Waals surface area contributed by atoms with Gasteiger partial charge in [-0.2, -0.15) is 4.72 Å². The highest BCUT2D eigenvalue weighted by Gasteiger charge is 2.27. The molecule has 0 heterocycles. The second kappa shape index (κ2) is 7.41. The first-order valence-electron chi connectivity index (χ1n) is 7.03. The Morgan fingerprint density at radius 1 is 1.39 bits per heavy atom. The summed E-state index contributed by atoms with van der Waals surface area (Å²) in [5, 5.41) is 2.70. The maximum Gasteiger partial charge on any atom is 0.321 e. The molecule has 1 aromatic carbocycles. The number of amides is 1. The minimum absolute atomic E-state index is 0.0270. The van der Waals surface area contributed by atoms with E-state index in [4.69, 9.17) is 4.74 Å². The number of nitrogens with one attached hydrogen (secondary N) is 2. The third kappa shape index (κ3) is 5.60. The summed E-state index contributed by atoms with van der Waals surface area (Å²) in [5.41, 5.74) is 0. The lowest BCUT2D eigenvalue weighted by Gasteiger charge is -2.13. The fourth-order valence-corrected chi connectivity index (χ4v) is 3.28. The molecule has 0 aliphatic heterocycles. The molecule has 2 rings (SSSR count). The Hall–Kier alpha value is -1.45. The van der Waals surface area contributed by atoms with Crippen molar-refractivity contribution in [2.75, 3.05) is 6.54 Å². The van der Waals surface area contributed by atoms with E-state index >= 15 is 0 Å². The third-order valence-corrected chi connectivity index (χ3v) is 5.01. The summed E-state index contributed by atoms with van der Waals surface area (Å²) in [6.07, 6.45) is 0.899. The summed E-state index contributed by atoms with van der Waals surface area (Å²) in [4.78, 5) is 23.3. The van der Waals surface area contributed by atoms with Crippen LogP contribution in [-0.2, 0) is 24.3 Å². The number of rotatable bonds is 7. The first kappa shape index (κ1) is 17.9. The number of benzene rings is 1. The number of esters is 1. The van der Waals surface area contributed by atoms with Crippen molar-refractivity contribution in [3.05, 3.63) is 28.7 Å². The molecule has 1 atom stereocenters. The van der Waals surface area contributed by atoms with Crippen LogP contribution in [0.15, 0.2) is 33.6 Å². The highest BCUT2D eigenvalue weighted by Crippen LogP contribution is 2.19. The topological polar surface area (TPSA) is 102 Å². The minimum Gasteiger partial charge on any atom is -0.452 e. The average molecular weight is 405 g/mol. The third-order valence-electron chi connectivity index (χ3n) is 3.11. The first-order valence-corrected chi connectivity index (χ1v) is 9.30. The zero-order chi connectivity index (χ0) is 17.0. The van der Waals surface area contributed by atoms with Gasteiger partial charge in [-0.1, -0.05) is 22.0 Å². The van der Waals surface area contributed by atoms with Crippen LogP contribution in [0.1, 0.15) is 19.8 Å². The van der Waals surface area contributed by atoms with E-state index in [0.717, 1.165) is 12.8 Å². The fraction of sp³-hybridized carbons (Fsp3) is 0.429. The summed E-state index contributed by atoms with van der Waals surface area (Å²) in [7, 11) is -3.82. The molecule has 9 heteroatoms. The van der Waals surface area contributed by atoms with E-state index < -0.39 is 28.6 Å². The molecule has 126 valence electrons. The molecule has 0 spiro atoms. The molecule has 0 bridgehead atoms. The van der Waals surface area contributed by atoms with Crippen molar-refractivity contribution in [3.8, 4) is 0 Å². The highest BCUT2D eigenvalue weighted by atomic mass is 79.9. The second-order valence-electron chi connectivity index (χ2n) is 5.20. The standard InChI is InChI=1S/C14H17BrN2O5S/c1-9(14(19)17-11-5-6-11)22-13(18)8-16-23(20,21)12-4-2-3-10(15)7-12/h2-4,7,9,11,16H,5-6,8H2,1H3,(H,17,19)/t9-/m1/s1. The maximum atomic E-state index is 12.0. The summed E-state index contributed by atoms with van der Waals surface area (Å²) in [6, 6.07) is 6.25. The zero-order valence-corrected chi connectivity index (χ0v) is 14.8. The van der Waals surface area contributed by atoms with Gasteiger partial charge in [0.05, 0.1) is 4.90 Å². The quantitative estimate of drug-likeness (QED) is 0.658. The maximum absolute atomic E-state index is 12.0. The van der Waals surface area contributed by atoms with Gasteiger partial charge in [-0.05, 0) is 38.0 Å². The second-order valence-corrected chi connectivity index (χ2v) is 7.88. The van der Waals surface area contributed by atoms with Crippen molar-refractivity contribution in [2.24, 2.45) is 0 Å². The molecule has 1 fully saturated rings. The van der Waals surface area contributed by atoms with E-state index in [-0.39, 0.29) is 16.8 Å². The van der Waals surface area contributed by atoms with Gasteiger partial charge in [0, 0.05) is 10.5 Å². The van der Waals surface area contributed by atoms with Crippen molar-refractivity contribution in [1.82, 2.24) is 10.0 Å². The molecule has 0 unspecified atom stereocenters. The zero-order valence-electron chi connectivity index (χ0n) is 12.4. The molecule has 7 nitrogen and oxygen atoms in total. The number of carbonyl (C=O) groups excluding carboxylic acids is 2. The predicted octanol–water partition coefficient (Wildman–Crippen LogP) is 0.938.